The zero-order chi connectivity index (χ0) is 11.5. The summed E-state index contributed by atoms with van der Waals surface area (Å²) in [7, 11) is 0. The van der Waals surface area contributed by atoms with Crippen molar-refractivity contribution >= 4 is 29.0 Å². The van der Waals surface area contributed by atoms with Gasteiger partial charge in [0.2, 0.25) is 0 Å². The van der Waals surface area contributed by atoms with Crippen molar-refractivity contribution in [3.63, 3.8) is 0 Å². The Hall–Kier alpha value is -0.570. The lowest BCUT2D eigenvalue weighted by atomic mass is 9.93. The molecule has 1 fully saturated rings. The van der Waals surface area contributed by atoms with Crippen molar-refractivity contribution in [2.24, 2.45) is 5.92 Å². The molecule has 1 aromatic rings. The summed E-state index contributed by atoms with van der Waals surface area (Å²) < 4.78 is 5.30. The molecule has 1 atom stereocenters. The number of hydrogen-bond acceptors (Lipinski definition) is 2. The van der Waals surface area contributed by atoms with E-state index < -0.39 is 0 Å². The van der Waals surface area contributed by atoms with Crippen LogP contribution in [0.4, 0.5) is 0 Å². The molecule has 2 nitrogen and oxygen atoms in total. The largest absolute Gasteiger partial charge is 0.380 e. The molecule has 16 heavy (non-hydrogen) atoms. The number of rotatable bonds is 2. The zero-order valence-corrected chi connectivity index (χ0v) is 10.2. The van der Waals surface area contributed by atoms with Crippen LogP contribution >= 0.6 is 23.2 Å². The molecule has 0 unspecified atom stereocenters. The van der Waals surface area contributed by atoms with Gasteiger partial charge in [0.1, 0.15) is 5.78 Å². The van der Waals surface area contributed by atoms with Crippen LogP contribution < -0.4 is 0 Å². The molecule has 0 radical (unpaired) electrons. The Balaban J connectivity index is 2.10. The monoisotopic (exact) mass is 258 g/mol. The number of halogens is 2. The van der Waals surface area contributed by atoms with E-state index in [-0.39, 0.29) is 11.7 Å². The number of ketones is 1. The number of Topliss-reactive ketones (excluding diaryl/α,β-unsaturated/α-hetero) is 1. The quantitative estimate of drug-likeness (QED) is 0.815. The minimum absolute atomic E-state index is 0.0626. The minimum atomic E-state index is -0.0626. The molecule has 86 valence electrons. The van der Waals surface area contributed by atoms with E-state index in [4.69, 9.17) is 27.9 Å². The van der Waals surface area contributed by atoms with Gasteiger partial charge in [-0.15, -0.1) is 0 Å². The third-order valence-corrected chi connectivity index (χ3v) is 3.34. The second-order valence-corrected chi connectivity index (χ2v) is 4.77. The van der Waals surface area contributed by atoms with Crippen molar-refractivity contribution in [1.82, 2.24) is 0 Å². The summed E-state index contributed by atoms with van der Waals surface area (Å²) in [5, 5.41) is 1.23. The van der Waals surface area contributed by atoms with E-state index in [2.05, 4.69) is 0 Å². The van der Waals surface area contributed by atoms with Crippen LogP contribution in [0.25, 0.3) is 0 Å². The molecule has 0 spiro atoms. The van der Waals surface area contributed by atoms with Crippen LogP contribution in [0, 0.1) is 5.92 Å². The van der Waals surface area contributed by atoms with E-state index in [9.17, 15) is 4.79 Å². The summed E-state index contributed by atoms with van der Waals surface area (Å²) >= 11 is 11.9. The average molecular weight is 259 g/mol. The van der Waals surface area contributed by atoms with Gasteiger partial charge in [0, 0.05) is 22.4 Å². The maximum absolute atomic E-state index is 11.6. The molecule has 0 aromatic heterocycles. The summed E-state index contributed by atoms with van der Waals surface area (Å²) in [6, 6.07) is 5.36. The molecule has 1 aromatic carbocycles. The second kappa shape index (κ2) is 5.17. The Kier molecular flexibility index (Phi) is 3.85. The van der Waals surface area contributed by atoms with E-state index >= 15 is 0 Å². The van der Waals surface area contributed by atoms with E-state index in [0.29, 0.717) is 36.1 Å². The second-order valence-electron chi connectivity index (χ2n) is 3.93. The van der Waals surface area contributed by atoms with Crippen LogP contribution in [0.3, 0.4) is 0 Å². The third kappa shape index (κ3) is 2.76. The van der Waals surface area contributed by atoms with Crippen LogP contribution in [0.1, 0.15) is 12.0 Å². The summed E-state index contributed by atoms with van der Waals surface area (Å²) in [4.78, 5) is 11.6. The molecule has 1 saturated heterocycles. The standard InChI is InChI=1S/C12H12Cl2O2/c13-10-2-1-8(11(14)6-10)5-9-7-16-4-3-12(9)15/h1-2,6,9H,3-5,7H2/t9-/m1/s1. The molecule has 2 rings (SSSR count). The lowest BCUT2D eigenvalue weighted by molar-refractivity contribution is -0.130. The van der Waals surface area contributed by atoms with E-state index in [1.807, 2.05) is 6.07 Å². The number of hydrogen-bond donors (Lipinski definition) is 0. The highest BCUT2D eigenvalue weighted by Gasteiger charge is 2.23. The predicted octanol–water partition coefficient (Wildman–Crippen LogP) is 3.14. The summed E-state index contributed by atoms with van der Waals surface area (Å²) in [5.41, 5.74) is 0.954. The predicted molar refractivity (Wildman–Crippen MR) is 64.1 cm³/mol. The van der Waals surface area contributed by atoms with Gasteiger partial charge in [-0.1, -0.05) is 29.3 Å². The van der Waals surface area contributed by atoms with Crippen LogP contribution in [-0.4, -0.2) is 19.0 Å². The van der Waals surface area contributed by atoms with Gasteiger partial charge < -0.3 is 4.74 Å². The van der Waals surface area contributed by atoms with Crippen molar-refractivity contribution in [2.45, 2.75) is 12.8 Å². The SMILES string of the molecule is O=C1CCOC[C@H]1Cc1ccc(Cl)cc1Cl. The summed E-state index contributed by atoms with van der Waals surface area (Å²) in [6.45, 7) is 1.04. The average Bonchev–Trinajstić information content (AvgIpc) is 2.25. The number of carbonyl (C=O) groups excluding carboxylic acids is 1. The smallest absolute Gasteiger partial charge is 0.140 e. The van der Waals surface area contributed by atoms with Crippen LogP contribution in [0.5, 0.6) is 0 Å². The first-order valence-corrected chi connectivity index (χ1v) is 5.97. The molecule has 0 bridgehead atoms. The first-order valence-electron chi connectivity index (χ1n) is 5.21. The molecule has 1 aliphatic heterocycles. The molecule has 1 aliphatic rings. The van der Waals surface area contributed by atoms with Crippen molar-refractivity contribution < 1.29 is 9.53 Å². The maximum atomic E-state index is 11.6. The summed E-state index contributed by atoms with van der Waals surface area (Å²) in [6.07, 6.45) is 1.14. The van der Waals surface area contributed by atoms with Crippen LogP contribution in [0.2, 0.25) is 10.0 Å². The van der Waals surface area contributed by atoms with Crippen molar-refractivity contribution in [3.05, 3.63) is 33.8 Å². The van der Waals surface area contributed by atoms with Gasteiger partial charge in [-0.25, -0.2) is 0 Å². The fourth-order valence-electron chi connectivity index (χ4n) is 1.82. The van der Waals surface area contributed by atoms with Crippen LogP contribution in [0.15, 0.2) is 18.2 Å². The molecule has 0 amide bonds. The lowest BCUT2D eigenvalue weighted by Crippen LogP contribution is -2.29. The van der Waals surface area contributed by atoms with Gasteiger partial charge in [0.15, 0.2) is 0 Å². The van der Waals surface area contributed by atoms with Crippen LogP contribution in [-0.2, 0) is 16.0 Å². The Labute approximate surface area is 104 Å². The molecule has 4 heteroatoms. The zero-order valence-electron chi connectivity index (χ0n) is 8.71. The van der Waals surface area contributed by atoms with Gasteiger partial charge in [0.05, 0.1) is 13.2 Å². The van der Waals surface area contributed by atoms with Gasteiger partial charge in [-0.05, 0) is 24.1 Å². The van der Waals surface area contributed by atoms with Crippen molar-refractivity contribution in [1.29, 1.82) is 0 Å². The van der Waals surface area contributed by atoms with E-state index in [1.165, 1.54) is 0 Å². The fraction of sp³-hybridized carbons (Fsp3) is 0.417. The van der Waals surface area contributed by atoms with Crippen molar-refractivity contribution in [3.8, 4) is 0 Å². The summed E-state index contributed by atoms with van der Waals surface area (Å²) in [5.74, 6) is 0.199. The lowest BCUT2D eigenvalue weighted by Gasteiger charge is -2.21. The number of benzene rings is 1. The molecule has 1 heterocycles. The molecule has 0 N–H and O–H groups in total. The van der Waals surface area contributed by atoms with Gasteiger partial charge in [-0.2, -0.15) is 0 Å². The number of carbonyl (C=O) groups is 1. The Morgan fingerprint density at radius 1 is 1.38 bits per heavy atom. The highest BCUT2D eigenvalue weighted by Crippen LogP contribution is 2.25. The highest BCUT2D eigenvalue weighted by atomic mass is 35.5. The Morgan fingerprint density at radius 3 is 2.88 bits per heavy atom. The van der Waals surface area contributed by atoms with Gasteiger partial charge in [-0.3, -0.25) is 4.79 Å². The highest BCUT2D eigenvalue weighted by molar-refractivity contribution is 6.35. The molecule has 0 aliphatic carbocycles. The topological polar surface area (TPSA) is 26.3 Å². The van der Waals surface area contributed by atoms with Crippen molar-refractivity contribution in [2.75, 3.05) is 13.2 Å². The molecular weight excluding hydrogens is 247 g/mol. The third-order valence-electron chi connectivity index (χ3n) is 2.75. The molecule has 0 saturated carbocycles. The fourth-order valence-corrected chi connectivity index (χ4v) is 2.31. The Bertz CT molecular complexity index is 404. The molecular formula is C12H12Cl2O2. The first-order chi connectivity index (χ1) is 7.66. The maximum Gasteiger partial charge on any atom is 0.140 e. The van der Waals surface area contributed by atoms with Gasteiger partial charge >= 0.3 is 0 Å². The number of ether oxygens (including phenoxy) is 1. The Morgan fingerprint density at radius 2 is 2.19 bits per heavy atom. The normalized spacial score (nSPS) is 21.1. The van der Waals surface area contributed by atoms with Gasteiger partial charge in [0.25, 0.3) is 0 Å². The first kappa shape index (κ1) is 11.9. The van der Waals surface area contributed by atoms with E-state index in [1.54, 1.807) is 12.1 Å². The van der Waals surface area contributed by atoms with E-state index in [0.717, 1.165) is 5.56 Å². The minimum Gasteiger partial charge on any atom is -0.380 e.